The van der Waals surface area contributed by atoms with Crippen LogP contribution in [0.1, 0.15) is 31.8 Å². The van der Waals surface area contributed by atoms with Crippen LogP contribution in [0, 0.1) is 13.8 Å². The minimum atomic E-state index is -0.353. The number of hydrogen-bond acceptors (Lipinski definition) is 4. The van der Waals surface area contributed by atoms with Crippen LogP contribution in [0.15, 0.2) is 146 Å². The number of nitrogens with zero attached hydrogens (tertiary/aromatic N) is 4. The number of anilines is 1. The topological polar surface area (TPSA) is 68.1 Å². The summed E-state index contributed by atoms with van der Waals surface area (Å²) >= 11 is 0. The van der Waals surface area contributed by atoms with E-state index in [1.807, 2.05) is 104 Å². The first-order valence-corrected chi connectivity index (χ1v) is 16.6. The van der Waals surface area contributed by atoms with Crippen molar-refractivity contribution in [2.75, 3.05) is 4.90 Å². The number of aromatic nitrogens is 3. The van der Waals surface area contributed by atoms with E-state index in [-0.39, 0.29) is 11.8 Å². The number of carbonyl (C=O) groups is 2. The van der Waals surface area contributed by atoms with Crippen molar-refractivity contribution in [3.63, 3.8) is 0 Å². The average molecular weight is 647 g/mol. The number of pyridine rings is 2. The molecule has 238 valence electrons. The van der Waals surface area contributed by atoms with Crippen molar-refractivity contribution in [2.24, 2.45) is 0 Å². The molecule has 9 rings (SSSR count). The summed E-state index contributed by atoms with van der Waals surface area (Å²) < 4.78 is 2.20. The molecule has 3 aromatic heterocycles. The standard InChI is InChI=1S/C44H30N4O2/c1-27-25-45-23-21-30(27)33-14-8-16-35-36-17-9-15-34(31-22-24-46-26-28(31)2)42(36)47(41(33)35)39-20-10-18-37-40(39)44(50)48(43(37)49)38-19-7-6-13-32(38)29-11-4-3-5-12-29/h3-26H,1-2H3. The molecule has 1 aliphatic rings. The van der Waals surface area contributed by atoms with Crippen molar-refractivity contribution in [3.8, 4) is 39.1 Å². The molecule has 8 aromatic rings. The van der Waals surface area contributed by atoms with Gasteiger partial charge in [0, 0.05) is 52.3 Å². The van der Waals surface area contributed by atoms with E-state index in [1.165, 1.54) is 4.90 Å². The molecule has 5 aromatic carbocycles. The zero-order valence-corrected chi connectivity index (χ0v) is 27.5. The van der Waals surface area contributed by atoms with Gasteiger partial charge in [-0.3, -0.25) is 19.6 Å². The summed E-state index contributed by atoms with van der Waals surface area (Å²) in [5, 5.41) is 2.09. The Hall–Kier alpha value is -6.66. The van der Waals surface area contributed by atoms with Gasteiger partial charge in [-0.1, -0.05) is 91.0 Å². The quantitative estimate of drug-likeness (QED) is 0.175. The molecule has 0 N–H and O–H groups in total. The molecule has 0 fully saturated rings. The summed E-state index contributed by atoms with van der Waals surface area (Å²) in [5.41, 5.74) is 11.8. The Labute approximate surface area is 288 Å². The summed E-state index contributed by atoms with van der Waals surface area (Å²) in [6.45, 7) is 4.12. The smallest absolute Gasteiger partial charge is 0.268 e. The van der Waals surface area contributed by atoms with Gasteiger partial charge in [0.25, 0.3) is 11.8 Å². The van der Waals surface area contributed by atoms with Crippen LogP contribution in [0.4, 0.5) is 5.69 Å². The highest BCUT2D eigenvalue weighted by atomic mass is 16.2. The fraction of sp³-hybridized carbons (Fsp3) is 0.0455. The van der Waals surface area contributed by atoms with Crippen molar-refractivity contribution in [1.29, 1.82) is 0 Å². The first-order chi connectivity index (χ1) is 24.5. The van der Waals surface area contributed by atoms with Crippen LogP contribution in [0.3, 0.4) is 0 Å². The number of hydrogen-bond donors (Lipinski definition) is 0. The maximum absolute atomic E-state index is 14.9. The van der Waals surface area contributed by atoms with Gasteiger partial charge in [-0.15, -0.1) is 0 Å². The van der Waals surface area contributed by atoms with Gasteiger partial charge in [-0.2, -0.15) is 0 Å². The fourth-order valence-corrected chi connectivity index (χ4v) is 7.55. The number of imide groups is 1. The first kappa shape index (κ1) is 29.5. The molecule has 0 spiro atoms. The van der Waals surface area contributed by atoms with E-state index in [1.54, 1.807) is 6.07 Å². The lowest BCUT2D eigenvalue weighted by Crippen LogP contribution is -2.30. The van der Waals surface area contributed by atoms with E-state index in [2.05, 4.69) is 64.8 Å². The summed E-state index contributed by atoms with van der Waals surface area (Å²) in [6, 6.07) is 39.8. The lowest BCUT2D eigenvalue weighted by Gasteiger charge is -2.19. The second kappa shape index (κ2) is 11.5. The summed E-state index contributed by atoms with van der Waals surface area (Å²) in [4.78, 5) is 39.3. The molecule has 0 atom stereocenters. The number of para-hydroxylation sites is 3. The largest absolute Gasteiger partial charge is 0.307 e. The van der Waals surface area contributed by atoms with Crippen molar-refractivity contribution in [1.82, 2.24) is 14.5 Å². The third-order valence-electron chi connectivity index (χ3n) is 9.79. The third kappa shape index (κ3) is 4.35. The van der Waals surface area contributed by atoms with Gasteiger partial charge in [0.2, 0.25) is 0 Å². The van der Waals surface area contributed by atoms with E-state index in [0.717, 1.165) is 66.3 Å². The molecule has 0 aliphatic carbocycles. The Balaban J connectivity index is 1.37. The van der Waals surface area contributed by atoms with E-state index in [9.17, 15) is 9.59 Å². The number of carbonyl (C=O) groups excluding carboxylic acids is 2. The number of fused-ring (bicyclic) bond motifs is 4. The lowest BCUT2D eigenvalue weighted by molar-refractivity contribution is 0.0926. The molecule has 2 amide bonds. The van der Waals surface area contributed by atoms with E-state index in [0.29, 0.717) is 22.5 Å². The summed E-state index contributed by atoms with van der Waals surface area (Å²) in [7, 11) is 0. The van der Waals surface area contributed by atoms with Crippen LogP contribution in [-0.4, -0.2) is 26.3 Å². The van der Waals surface area contributed by atoms with Crippen molar-refractivity contribution in [2.45, 2.75) is 13.8 Å². The van der Waals surface area contributed by atoms with Gasteiger partial charge >= 0.3 is 0 Å². The Bertz CT molecular complexity index is 2570. The van der Waals surface area contributed by atoms with Gasteiger partial charge < -0.3 is 4.57 Å². The second-order valence-corrected chi connectivity index (χ2v) is 12.6. The molecule has 6 heteroatoms. The minimum Gasteiger partial charge on any atom is -0.307 e. The van der Waals surface area contributed by atoms with Crippen LogP contribution in [0.5, 0.6) is 0 Å². The Kier molecular flexibility index (Phi) is 6.78. The predicted octanol–water partition coefficient (Wildman–Crippen LogP) is 9.99. The van der Waals surface area contributed by atoms with Crippen LogP contribution in [0.25, 0.3) is 60.9 Å². The normalized spacial score (nSPS) is 12.6. The highest BCUT2D eigenvalue weighted by molar-refractivity contribution is 6.36. The lowest BCUT2D eigenvalue weighted by atomic mass is 9.98. The van der Waals surface area contributed by atoms with Gasteiger partial charge in [0.15, 0.2) is 0 Å². The number of aryl methyl sites for hydroxylation is 2. The molecule has 6 nitrogen and oxygen atoms in total. The zero-order chi connectivity index (χ0) is 33.9. The SMILES string of the molecule is Cc1cnccc1-c1cccc2c3cccc(-c4ccncc4C)c3n(-c3cccc4c3C(=O)N(c3ccccc3-c3ccccc3)C4=O)c12. The molecule has 0 bridgehead atoms. The Morgan fingerprint density at radius 2 is 0.980 bits per heavy atom. The Morgan fingerprint density at radius 1 is 0.460 bits per heavy atom. The maximum atomic E-state index is 14.9. The van der Waals surface area contributed by atoms with Crippen molar-refractivity contribution < 1.29 is 9.59 Å². The van der Waals surface area contributed by atoms with Gasteiger partial charge in [0.1, 0.15) is 0 Å². The van der Waals surface area contributed by atoms with Crippen molar-refractivity contribution >= 4 is 39.3 Å². The molecule has 0 saturated carbocycles. The molecule has 50 heavy (non-hydrogen) atoms. The monoisotopic (exact) mass is 646 g/mol. The third-order valence-corrected chi connectivity index (χ3v) is 9.79. The van der Waals surface area contributed by atoms with Crippen LogP contribution in [0.2, 0.25) is 0 Å². The number of rotatable bonds is 5. The molecule has 0 unspecified atom stereocenters. The van der Waals surface area contributed by atoms with Crippen LogP contribution in [-0.2, 0) is 0 Å². The predicted molar refractivity (Wildman–Crippen MR) is 200 cm³/mol. The fourth-order valence-electron chi connectivity index (χ4n) is 7.55. The molecular formula is C44H30N4O2. The van der Waals surface area contributed by atoms with E-state index < -0.39 is 0 Å². The second-order valence-electron chi connectivity index (χ2n) is 12.6. The molecule has 0 saturated heterocycles. The van der Waals surface area contributed by atoms with E-state index in [4.69, 9.17) is 0 Å². The summed E-state index contributed by atoms with van der Waals surface area (Å²) in [5.74, 6) is -0.694. The molecular weight excluding hydrogens is 617 g/mol. The maximum Gasteiger partial charge on any atom is 0.268 e. The Morgan fingerprint density at radius 3 is 1.60 bits per heavy atom. The molecule has 4 heterocycles. The number of amides is 2. The number of benzene rings is 5. The highest BCUT2D eigenvalue weighted by Gasteiger charge is 2.40. The zero-order valence-electron chi connectivity index (χ0n) is 27.5. The highest BCUT2D eigenvalue weighted by Crippen LogP contribution is 2.45. The average Bonchev–Trinajstić information content (AvgIpc) is 3.63. The van der Waals surface area contributed by atoms with Gasteiger partial charge in [0.05, 0.1) is 33.5 Å². The van der Waals surface area contributed by atoms with E-state index >= 15 is 0 Å². The first-order valence-electron chi connectivity index (χ1n) is 16.6. The van der Waals surface area contributed by atoms with Crippen molar-refractivity contribution in [3.05, 3.63) is 168 Å². The minimum absolute atomic E-state index is 0.341. The molecule has 1 aliphatic heterocycles. The van der Waals surface area contributed by atoms with Crippen LogP contribution >= 0.6 is 0 Å². The molecule has 0 radical (unpaired) electrons. The van der Waals surface area contributed by atoms with Gasteiger partial charge in [-0.25, -0.2) is 4.90 Å². The summed E-state index contributed by atoms with van der Waals surface area (Å²) in [6.07, 6.45) is 7.36. The van der Waals surface area contributed by atoms with Gasteiger partial charge in [-0.05, 0) is 72.0 Å². The van der Waals surface area contributed by atoms with Crippen LogP contribution < -0.4 is 4.90 Å².